The normalized spacial score (nSPS) is 13.3. The van der Waals surface area contributed by atoms with E-state index in [1.54, 1.807) is 11.3 Å². The molecule has 0 radical (unpaired) electrons. The van der Waals surface area contributed by atoms with E-state index in [1.165, 1.54) is 4.88 Å². The van der Waals surface area contributed by atoms with Crippen molar-refractivity contribution in [3.8, 4) is 0 Å². The molecule has 1 rings (SSSR count). The molecule has 0 aliphatic heterocycles. The Hall–Kier alpha value is -0.570. The Kier molecular flexibility index (Phi) is 3.93. The SMILES string of the molecule is Cc1nc(NCC(C)C(C)C)sc1C. The number of anilines is 1. The molecular formula is C11H20N2S. The number of nitrogens with one attached hydrogen (secondary N) is 1. The van der Waals surface area contributed by atoms with Crippen molar-refractivity contribution >= 4 is 16.5 Å². The van der Waals surface area contributed by atoms with Gasteiger partial charge in [0.25, 0.3) is 0 Å². The van der Waals surface area contributed by atoms with E-state index in [0.29, 0.717) is 5.92 Å². The van der Waals surface area contributed by atoms with E-state index in [4.69, 9.17) is 0 Å². The van der Waals surface area contributed by atoms with Gasteiger partial charge in [-0.25, -0.2) is 4.98 Å². The molecule has 0 spiro atoms. The molecule has 0 aliphatic carbocycles. The molecule has 0 saturated heterocycles. The number of nitrogens with zero attached hydrogens (tertiary/aromatic N) is 1. The minimum Gasteiger partial charge on any atom is -0.361 e. The molecule has 3 heteroatoms. The minimum atomic E-state index is 0.694. The van der Waals surface area contributed by atoms with Gasteiger partial charge in [0.1, 0.15) is 0 Å². The van der Waals surface area contributed by atoms with Crippen molar-refractivity contribution in [1.82, 2.24) is 4.98 Å². The Morgan fingerprint density at radius 3 is 2.36 bits per heavy atom. The van der Waals surface area contributed by atoms with Crippen molar-refractivity contribution in [2.24, 2.45) is 11.8 Å². The van der Waals surface area contributed by atoms with Crippen LogP contribution in [0, 0.1) is 25.7 Å². The van der Waals surface area contributed by atoms with Gasteiger partial charge in [-0.2, -0.15) is 0 Å². The van der Waals surface area contributed by atoms with Crippen molar-refractivity contribution < 1.29 is 0 Å². The predicted octanol–water partition coefficient (Wildman–Crippen LogP) is 3.46. The molecule has 2 nitrogen and oxygen atoms in total. The molecule has 80 valence electrons. The maximum atomic E-state index is 4.45. The van der Waals surface area contributed by atoms with Crippen LogP contribution in [0.25, 0.3) is 0 Å². The van der Waals surface area contributed by atoms with Gasteiger partial charge in [0, 0.05) is 11.4 Å². The monoisotopic (exact) mass is 212 g/mol. The first-order valence-electron chi connectivity index (χ1n) is 5.18. The van der Waals surface area contributed by atoms with Crippen molar-refractivity contribution in [3.05, 3.63) is 10.6 Å². The zero-order chi connectivity index (χ0) is 10.7. The van der Waals surface area contributed by atoms with Gasteiger partial charge in [0.2, 0.25) is 0 Å². The molecular weight excluding hydrogens is 192 g/mol. The molecule has 14 heavy (non-hydrogen) atoms. The van der Waals surface area contributed by atoms with Crippen LogP contribution >= 0.6 is 11.3 Å². The first-order valence-corrected chi connectivity index (χ1v) is 6.00. The lowest BCUT2D eigenvalue weighted by Gasteiger charge is -2.15. The van der Waals surface area contributed by atoms with Gasteiger partial charge < -0.3 is 5.32 Å². The van der Waals surface area contributed by atoms with Gasteiger partial charge in [0.15, 0.2) is 5.13 Å². The van der Waals surface area contributed by atoms with Crippen LogP contribution in [0.3, 0.4) is 0 Å². The highest BCUT2D eigenvalue weighted by Gasteiger charge is 2.08. The average molecular weight is 212 g/mol. The van der Waals surface area contributed by atoms with Crippen LogP contribution in [0.5, 0.6) is 0 Å². The highest BCUT2D eigenvalue weighted by molar-refractivity contribution is 7.15. The Morgan fingerprint density at radius 1 is 1.29 bits per heavy atom. The topological polar surface area (TPSA) is 24.9 Å². The summed E-state index contributed by atoms with van der Waals surface area (Å²) in [5, 5.41) is 4.46. The van der Waals surface area contributed by atoms with Gasteiger partial charge in [0.05, 0.1) is 5.69 Å². The van der Waals surface area contributed by atoms with E-state index >= 15 is 0 Å². The molecule has 0 bridgehead atoms. The highest BCUT2D eigenvalue weighted by atomic mass is 32.1. The second kappa shape index (κ2) is 4.78. The van der Waals surface area contributed by atoms with Crippen LogP contribution in [-0.4, -0.2) is 11.5 Å². The van der Waals surface area contributed by atoms with Gasteiger partial charge in [-0.1, -0.05) is 20.8 Å². The molecule has 0 aromatic carbocycles. The molecule has 1 aromatic heterocycles. The summed E-state index contributed by atoms with van der Waals surface area (Å²) in [6.07, 6.45) is 0. The zero-order valence-electron chi connectivity index (χ0n) is 9.72. The zero-order valence-corrected chi connectivity index (χ0v) is 10.5. The summed E-state index contributed by atoms with van der Waals surface area (Å²) in [5.41, 5.74) is 1.15. The second-order valence-corrected chi connectivity index (χ2v) is 5.47. The van der Waals surface area contributed by atoms with Crippen molar-refractivity contribution in [2.45, 2.75) is 34.6 Å². The van der Waals surface area contributed by atoms with Crippen LogP contribution in [-0.2, 0) is 0 Å². The van der Waals surface area contributed by atoms with E-state index in [1.807, 2.05) is 0 Å². The molecule has 1 atom stereocenters. The Morgan fingerprint density at radius 2 is 1.93 bits per heavy atom. The summed E-state index contributed by atoms with van der Waals surface area (Å²) >= 11 is 1.75. The summed E-state index contributed by atoms with van der Waals surface area (Å²) in [4.78, 5) is 5.76. The predicted molar refractivity (Wildman–Crippen MR) is 64.1 cm³/mol. The van der Waals surface area contributed by atoms with Crippen molar-refractivity contribution in [2.75, 3.05) is 11.9 Å². The minimum absolute atomic E-state index is 0.694. The van der Waals surface area contributed by atoms with Crippen LogP contribution in [0.4, 0.5) is 5.13 Å². The van der Waals surface area contributed by atoms with Crippen LogP contribution in [0.15, 0.2) is 0 Å². The van der Waals surface area contributed by atoms with E-state index in [0.717, 1.165) is 23.3 Å². The van der Waals surface area contributed by atoms with Crippen LogP contribution < -0.4 is 5.32 Å². The lowest BCUT2D eigenvalue weighted by molar-refractivity contribution is 0.439. The van der Waals surface area contributed by atoms with Crippen molar-refractivity contribution in [3.63, 3.8) is 0 Å². The number of thiazole rings is 1. The van der Waals surface area contributed by atoms with Gasteiger partial charge in [-0.3, -0.25) is 0 Å². The highest BCUT2D eigenvalue weighted by Crippen LogP contribution is 2.21. The number of aryl methyl sites for hydroxylation is 2. The quantitative estimate of drug-likeness (QED) is 0.826. The fourth-order valence-corrected chi connectivity index (χ4v) is 1.85. The molecule has 1 heterocycles. The van der Waals surface area contributed by atoms with E-state index in [-0.39, 0.29) is 0 Å². The Labute approximate surface area is 90.8 Å². The third kappa shape index (κ3) is 2.98. The lowest BCUT2D eigenvalue weighted by atomic mass is 9.98. The summed E-state index contributed by atoms with van der Waals surface area (Å²) < 4.78 is 0. The Bertz CT molecular complexity index is 272. The second-order valence-electron chi connectivity index (χ2n) is 4.26. The van der Waals surface area contributed by atoms with Crippen molar-refractivity contribution in [1.29, 1.82) is 0 Å². The smallest absolute Gasteiger partial charge is 0.183 e. The maximum absolute atomic E-state index is 4.45. The largest absolute Gasteiger partial charge is 0.361 e. The number of hydrogen-bond donors (Lipinski definition) is 1. The third-order valence-electron chi connectivity index (χ3n) is 2.74. The Balaban J connectivity index is 2.46. The van der Waals surface area contributed by atoms with E-state index in [9.17, 15) is 0 Å². The molecule has 1 N–H and O–H groups in total. The molecule has 0 fully saturated rings. The van der Waals surface area contributed by atoms with Crippen LogP contribution in [0.2, 0.25) is 0 Å². The molecule has 1 aromatic rings. The summed E-state index contributed by atoms with van der Waals surface area (Å²) in [7, 11) is 0. The molecule has 0 aliphatic rings. The average Bonchev–Trinajstić information content (AvgIpc) is 2.42. The lowest BCUT2D eigenvalue weighted by Crippen LogP contribution is -2.16. The van der Waals surface area contributed by atoms with Gasteiger partial charge >= 0.3 is 0 Å². The van der Waals surface area contributed by atoms with E-state index in [2.05, 4.69) is 44.9 Å². The van der Waals surface area contributed by atoms with Gasteiger partial charge in [-0.15, -0.1) is 11.3 Å². The summed E-state index contributed by atoms with van der Waals surface area (Å²) in [6.45, 7) is 12.0. The summed E-state index contributed by atoms with van der Waals surface area (Å²) in [6, 6.07) is 0. The standard InChI is InChI=1S/C11H20N2S/c1-7(2)8(3)6-12-11-13-9(4)10(5)14-11/h7-8H,6H2,1-5H3,(H,12,13). The maximum Gasteiger partial charge on any atom is 0.183 e. The first-order chi connectivity index (χ1) is 6.50. The molecule has 1 unspecified atom stereocenters. The number of rotatable bonds is 4. The molecule has 0 saturated carbocycles. The van der Waals surface area contributed by atoms with E-state index < -0.39 is 0 Å². The summed E-state index contributed by atoms with van der Waals surface area (Å²) in [5.74, 6) is 1.42. The third-order valence-corrected chi connectivity index (χ3v) is 3.77. The first kappa shape index (κ1) is 11.5. The van der Waals surface area contributed by atoms with Gasteiger partial charge in [-0.05, 0) is 25.7 Å². The number of aromatic nitrogens is 1. The fraction of sp³-hybridized carbons (Fsp3) is 0.727. The van der Waals surface area contributed by atoms with Crippen LogP contribution in [0.1, 0.15) is 31.3 Å². The molecule has 0 amide bonds. The fourth-order valence-electron chi connectivity index (χ4n) is 1.03. The number of hydrogen-bond acceptors (Lipinski definition) is 3.